The second-order valence-electron chi connectivity index (χ2n) is 3.77. The molecular formula is C11H12ClNO2. The smallest absolute Gasteiger partial charge is 0.335 e. The van der Waals surface area contributed by atoms with E-state index in [4.69, 9.17) is 16.7 Å². The molecule has 2 rings (SSSR count). The van der Waals surface area contributed by atoms with Crippen LogP contribution < -0.4 is 5.32 Å². The molecule has 3 nitrogen and oxygen atoms in total. The van der Waals surface area contributed by atoms with Crippen LogP contribution in [0.4, 0.5) is 0 Å². The Bertz CT molecular complexity index is 386. The minimum atomic E-state index is -0.926. The van der Waals surface area contributed by atoms with E-state index in [9.17, 15) is 4.79 Å². The van der Waals surface area contributed by atoms with Gasteiger partial charge in [-0.1, -0.05) is 11.6 Å². The molecule has 1 aliphatic rings. The van der Waals surface area contributed by atoms with Gasteiger partial charge in [0.1, 0.15) is 0 Å². The highest BCUT2D eigenvalue weighted by molar-refractivity contribution is 6.31. The van der Waals surface area contributed by atoms with E-state index in [-0.39, 0.29) is 5.56 Å². The van der Waals surface area contributed by atoms with E-state index in [0.717, 1.165) is 25.1 Å². The molecule has 0 spiro atoms. The van der Waals surface area contributed by atoms with Gasteiger partial charge in [0, 0.05) is 11.6 Å². The molecule has 0 aliphatic carbocycles. The third kappa shape index (κ3) is 2.30. The number of carbonyl (C=O) groups is 1. The van der Waals surface area contributed by atoms with Crippen LogP contribution >= 0.6 is 11.6 Å². The summed E-state index contributed by atoms with van der Waals surface area (Å²) in [6, 6.07) is 5.05. The quantitative estimate of drug-likeness (QED) is 0.811. The molecular weight excluding hydrogens is 214 g/mol. The fourth-order valence-electron chi connectivity index (χ4n) is 1.91. The maximum atomic E-state index is 10.8. The van der Waals surface area contributed by atoms with Crippen LogP contribution in [0.3, 0.4) is 0 Å². The molecule has 0 aromatic heterocycles. The fraction of sp³-hybridized carbons (Fsp3) is 0.364. The molecule has 1 saturated heterocycles. The van der Waals surface area contributed by atoms with Crippen LogP contribution in [0.25, 0.3) is 0 Å². The molecule has 1 fully saturated rings. The number of carboxylic acids is 1. The highest BCUT2D eigenvalue weighted by atomic mass is 35.5. The van der Waals surface area contributed by atoms with Crippen LogP contribution in [-0.2, 0) is 0 Å². The van der Waals surface area contributed by atoms with E-state index in [1.165, 1.54) is 6.07 Å². The summed E-state index contributed by atoms with van der Waals surface area (Å²) < 4.78 is 0. The van der Waals surface area contributed by atoms with Gasteiger partial charge in [0.2, 0.25) is 0 Å². The number of halogens is 1. The van der Waals surface area contributed by atoms with Gasteiger partial charge < -0.3 is 10.4 Å². The van der Waals surface area contributed by atoms with Crippen molar-refractivity contribution in [3.63, 3.8) is 0 Å². The highest BCUT2D eigenvalue weighted by Crippen LogP contribution is 2.26. The Morgan fingerprint density at radius 3 is 2.87 bits per heavy atom. The van der Waals surface area contributed by atoms with Gasteiger partial charge in [0.25, 0.3) is 0 Å². The van der Waals surface area contributed by atoms with Crippen molar-refractivity contribution in [1.29, 1.82) is 0 Å². The van der Waals surface area contributed by atoms with Crippen molar-refractivity contribution < 1.29 is 9.90 Å². The van der Waals surface area contributed by atoms with Crippen LogP contribution in [0.2, 0.25) is 5.02 Å². The van der Waals surface area contributed by atoms with E-state index in [1.54, 1.807) is 6.07 Å². The topological polar surface area (TPSA) is 49.3 Å². The Balaban J connectivity index is 2.34. The predicted octanol–water partition coefficient (Wildman–Crippen LogP) is 2.12. The lowest BCUT2D eigenvalue weighted by Gasteiger charge is -2.10. The lowest BCUT2D eigenvalue weighted by Crippen LogP contribution is -2.08. The van der Waals surface area contributed by atoms with E-state index in [0.29, 0.717) is 10.9 Å². The van der Waals surface area contributed by atoms with Crippen LogP contribution in [-0.4, -0.2) is 24.2 Å². The summed E-state index contributed by atoms with van der Waals surface area (Å²) in [5.41, 5.74) is 1.29. The number of carboxylic acid groups (broad SMARTS) is 1. The molecule has 2 N–H and O–H groups in total. The minimum absolute atomic E-state index is 0.268. The van der Waals surface area contributed by atoms with Gasteiger partial charge in [-0.05, 0) is 42.6 Å². The third-order valence-electron chi connectivity index (χ3n) is 2.70. The first-order chi connectivity index (χ1) is 7.16. The molecule has 1 aromatic carbocycles. The standard InChI is InChI=1S/C11H12ClNO2/c12-10-4-8(7-1-2-13-6-7)3-9(5-10)11(14)15/h3-5,7,13H,1-2,6H2,(H,14,15). The molecule has 0 amide bonds. The third-order valence-corrected chi connectivity index (χ3v) is 2.92. The summed E-state index contributed by atoms with van der Waals surface area (Å²) in [5, 5.41) is 12.6. The summed E-state index contributed by atoms with van der Waals surface area (Å²) in [5.74, 6) is -0.536. The zero-order chi connectivity index (χ0) is 10.8. The molecule has 1 aromatic rings. The van der Waals surface area contributed by atoms with Crippen molar-refractivity contribution in [3.05, 3.63) is 34.3 Å². The molecule has 15 heavy (non-hydrogen) atoms. The van der Waals surface area contributed by atoms with Crippen molar-refractivity contribution in [3.8, 4) is 0 Å². The molecule has 80 valence electrons. The summed E-state index contributed by atoms with van der Waals surface area (Å²) >= 11 is 5.89. The van der Waals surface area contributed by atoms with Crippen molar-refractivity contribution in [1.82, 2.24) is 5.32 Å². The molecule has 1 unspecified atom stereocenters. The normalized spacial score (nSPS) is 20.5. The summed E-state index contributed by atoms with van der Waals surface area (Å²) in [7, 11) is 0. The van der Waals surface area contributed by atoms with Gasteiger partial charge in [0.05, 0.1) is 5.56 Å². The second kappa shape index (κ2) is 4.21. The van der Waals surface area contributed by atoms with E-state index < -0.39 is 5.97 Å². The van der Waals surface area contributed by atoms with E-state index in [1.807, 2.05) is 6.07 Å². The van der Waals surface area contributed by atoms with E-state index >= 15 is 0 Å². The van der Waals surface area contributed by atoms with Gasteiger partial charge in [-0.2, -0.15) is 0 Å². The average Bonchev–Trinajstić information content (AvgIpc) is 2.69. The van der Waals surface area contributed by atoms with Gasteiger partial charge >= 0.3 is 5.97 Å². The van der Waals surface area contributed by atoms with Crippen molar-refractivity contribution in [2.75, 3.05) is 13.1 Å². The largest absolute Gasteiger partial charge is 0.478 e. The molecule has 0 saturated carbocycles. The van der Waals surface area contributed by atoms with Gasteiger partial charge in [0.15, 0.2) is 0 Å². The fourth-order valence-corrected chi connectivity index (χ4v) is 2.15. The number of rotatable bonds is 2. The van der Waals surface area contributed by atoms with Gasteiger partial charge in [-0.15, -0.1) is 0 Å². The minimum Gasteiger partial charge on any atom is -0.478 e. The summed E-state index contributed by atoms with van der Waals surface area (Å²) in [6.45, 7) is 1.89. The Morgan fingerprint density at radius 1 is 1.47 bits per heavy atom. The van der Waals surface area contributed by atoms with Crippen LogP contribution in [0.1, 0.15) is 28.3 Å². The van der Waals surface area contributed by atoms with Crippen LogP contribution in [0.15, 0.2) is 18.2 Å². The highest BCUT2D eigenvalue weighted by Gasteiger charge is 2.18. The number of aromatic carboxylic acids is 1. The van der Waals surface area contributed by atoms with Crippen molar-refractivity contribution in [2.24, 2.45) is 0 Å². The SMILES string of the molecule is O=C(O)c1cc(Cl)cc(C2CCNC2)c1. The van der Waals surface area contributed by atoms with Gasteiger partial charge in [-0.25, -0.2) is 4.79 Å². The molecule has 0 radical (unpaired) electrons. The zero-order valence-electron chi connectivity index (χ0n) is 8.16. The maximum Gasteiger partial charge on any atom is 0.335 e. The predicted molar refractivity (Wildman–Crippen MR) is 58.6 cm³/mol. The lowest BCUT2D eigenvalue weighted by atomic mass is 9.97. The van der Waals surface area contributed by atoms with Crippen molar-refractivity contribution >= 4 is 17.6 Å². The summed E-state index contributed by atoms with van der Waals surface area (Å²) in [6.07, 6.45) is 1.04. The van der Waals surface area contributed by atoms with Crippen molar-refractivity contribution in [2.45, 2.75) is 12.3 Å². The van der Waals surface area contributed by atoms with Crippen LogP contribution in [0.5, 0.6) is 0 Å². The Labute approximate surface area is 93.1 Å². The number of nitrogens with one attached hydrogen (secondary N) is 1. The molecule has 4 heteroatoms. The molecule has 0 bridgehead atoms. The first-order valence-corrected chi connectivity index (χ1v) is 5.29. The zero-order valence-corrected chi connectivity index (χ0v) is 8.92. The maximum absolute atomic E-state index is 10.8. The second-order valence-corrected chi connectivity index (χ2v) is 4.20. The Morgan fingerprint density at radius 2 is 2.27 bits per heavy atom. The lowest BCUT2D eigenvalue weighted by molar-refractivity contribution is 0.0696. The Kier molecular flexibility index (Phi) is 2.93. The Hall–Kier alpha value is -1.06. The first kappa shape index (κ1) is 10.5. The number of hydrogen-bond acceptors (Lipinski definition) is 2. The average molecular weight is 226 g/mol. The summed E-state index contributed by atoms with van der Waals surface area (Å²) in [4.78, 5) is 10.8. The monoisotopic (exact) mass is 225 g/mol. The molecule has 1 aliphatic heterocycles. The first-order valence-electron chi connectivity index (χ1n) is 4.91. The number of benzene rings is 1. The molecule has 1 atom stereocenters. The number of hydrogen-bond donors (Lipinski definition) is 2. The van der Waals surface area contributed by atoms with E-state index in [2.05, 4.69) is 5.32 Å². The van der Waals surface area contributed by atoms with Gasteiger partial charge in [-0.3, -0.25) is 0 Å². The molecule has 1 heterocycles. The van der Waals surface area contributed by atoms with Crippen LogP contribution in [0, 0.1) is 0 Å².